The van der Waals surface area contributed by atoms with Crippen LogP contribution in [0.3, 0.4) is 0 Å². The number of carbonyl (C=O) groups excluding carboxylic acids is 3. The number of Topliss-reactive ketones (excluding diaryl/α,β-unsaturated/α-hetero) is 2. The Morgan fingerprint density at radius 2 is 1.41 bits per heavy atom. The fourth-order valence-corrected chi connectivity index (χ4v) is 5.89. The van der Waals surface area contributed by atoms with Crippen LogP contribution in [0.2, 0.25) is 0 Å². The monoisotopic (exact) mass is 446 g/mol. The van der Waals surface area contributed by atoms with Crippen molar-refractivity contribution in [3.05, 3.63) is 113 Å². The number of ketones is 2. The Labute approximate surface area is 197 Å². The summed E-state index contributed by atoms with van der Waals surface area (Å²) in [6.07, 6.45) is 0. The van der Waals surface area contributed by atoms with Crippen molar-refractivity contribution in [3.63, 3.8) is 0 Å². The normalized spacial score (nSPS) is 24.6. The van der Waals surface area contributed by atoms with Gasteiger partial charge < -0.3 is 4.74 Å². The molecule has 1 aliphatic carbocycles. The lowest BCUT2D eigenvalue weighted by molar-refractivity contribution is -0.140. The summed E-state index contributed by atoms with van der Waals surface area (Å²) >= 11 is 0. The van der Waals surface area contributed by atoms with Crippen molar-refractivity contribution in [2.24, 2.45) is 10.8 Å². The molecule has 4 aromatic carbocycles. The van der Waals surface area contributed by atoms with Crippen molar-refractivity contribution in [1.82, 2.24) is 0 Å². The summed E-state index contributed by atoms with van der Waals surface area (Å²) in [4.78, 5) is 41.8. The van der Waals surface area contributed by atoms with Gasteiger partial charge in [-0.3, -0.25) is 14.4 Å². The van der Waals surface area contributed by atoms with Gasteiger partial charge in [-0.25, -0.2) is 0 Å². The Balaban J connectivity index is 1.63. The van der Waals surface area contributed by atoms with Gasteiger partial charge in [0.1, 0.15) is 5.75 Å². The van der Waals surface area contributed by atoms with E-state index in [0.29, 0.717) is 16.9 Å². The SMILES string of the molecule is Cc1ccc(C(=O)C2(C)C3c4c(ccc5ccccc45)OC(=O)C32C(=O)c2ccccc2)cc1. The first-order valence-electron chi connectivity index (χ1n) is 11.4. The summed E-state index contributed by atoms with van der Waals surface area (Å²) in [6.45, 7) is 3.70. The molecule has 0 radical (unpaired) electrons. The third kappa shape index (κ3) is 2.45. The molecule has 34 heavy (non-hydrogen) atoms. The second-order valence-electron chi connectivity index (χ2n) is 9.42. The van der Waals surface area contributed by atoms with Crippen LogP contribution in [0.25, 0.3) is 10.8 Å². The van der Waals surface area contributed by atoms with Gasteiger partial charge in [-0.1, -0.05) is 97.4 Å². The minimum atomic E-state index is -1.62. The van der Waals surface area contributed by atoms with Gasteiger partial charge in [0.25, 0.3) is 0 Å². The predicted molar refractivity (Wildman–Crippen MR) is 129 cm³/mol. The van der Waals surface area contributed by atoms with E-state index in [0.717, 1.165) is 21.9 Å². The molecular weight excluding hydrogens is 424 g/mol. The van der Waals surface area contributed by atoms with E-state index >= 15 is 0 Å². The Hall–Kier alpha value is -4.05. The summed E-state index contributed by atoms with van der Waals surface area (Å²) < 4.78 is 5.83. The minimum Gasteiger partial charge on any atom is -0.425 e. The van der Waals surface area contributed by atoms with E-state index < -0.39 is 22.7 Å². The molecule has 0 aromatic heterocycles. The topological polar surface area (TPSA) is 60.4 Å². The van der Waals surface area contributed by atoms with Crippen LogP contribution in [0.5, 0.6) is 5.75 Å². The highest BCUT2D eigenvalue weighted by atomic mass is 16.5. The molecule has 3 atom stereocenters. The van der Waals surface area contributed by atoms with Gasteiger partial charge in [-0.2, -0.15) is 0 Å². The van der Waals surface area contributed by atoms with Crippen molar-refractivity contribution in [2.75, 3.05) is 0 Å². The lowest BCUT2D eigenvalue weighted by atomic mass is 9.82. The maximum absolute atomic E-state index is 14.1. The average Bonchev–Trinajstić information content (AvgIpc) is 3.46. The highest BCUT2D eigenvalue weighted by Gasteiger charge is 2.87. The molecule has 1 aliphatic heterocycles. The molecule has 1 saturated carbocycles. The van der Waals surface area contributed by atoms with E-state index in [4.69, 9.17) is 4.74 Å². The average molecular weight is 447 g/mol. The highest BCUT2D eigenvalue weighted by molar-refractivity contribution is 6.26. The third-order valence-corrected chi connectivity index (χ3v) is 7.67. The second-order valence-corrected chi connectivity index (χ2v) is 9.42. The molecule has 0 spiro atoms. The fourth-order valence-electron chi connectivity index (χ4n) is 5.89. The molecule has 4 nitrogen and oxygen atoms in total. The summed E-state index contributed by atoms with van der Waals surface area (Å²) in [7, 11) is 0. The Bertz CT molecular complexity index is 1500. The lowest BCUT2D eigenvalue weighted by Gasteiger charge is -2.24. The van der Waals surface area contributed by atoms with Crippen LogP contribution in [0.15, 0.2) is 91.0 Å². The zero-order valence-electron chi connectivity index (χ0n) is 18.9. The van der Waals surface area contributed by atoms with E-state index in [1.165, 1.54) is 0 Å². The summed E-state index contributed by atoms with van der Waals surface area (Å²) in [5, 5.41) is 1.86. The van der Waals surface area contributed by atoms with E-state index in [2.05, 4.69) is 0 Å². The summed E-state index contributed by atoms with van der Waals surface area (Å²) in [5.41, 5.74) is -0.230. The van der Waals surface area contributed by atoms with Crippen molar-refractivity contribution >= 4 is 28.3 Å². The summed E-state index contributed by atoms with van der Waals surface area (Å²) in [5.74, 6) is -1.45. The fraction of sp³-hybridized carbons (Fsp3) is 0.167. The quantitative estimate of drug-likeness (QED) is 0.169. The molecule has 2 aliphatic rings. The van der Waals surface area contributed by atoms with Gasteiger partial charge in [-0.05, 0) is 23.8 Å². The van der Waals surface area contributed by atoms with Crippen LogP contribution in [-0.4, -0.2) is 17.5 Å². The van der Waals surface area contributed by atoms with Crippen molar-refractivity contribution in [1.29, 1.82) is 0 Å². The third-order valence-electron chi connectivity index (χ3n) is 7.67. The van der Waals surface area contributed by atoms with Crippen molar-refractivity contribution in [2.45, 2.75) is 19.8 Å². The number of benzene rings is 4. The molecule has 166 valence electrons. The van der Waals surface area contributed by atoms with E-state index in [9.17, 15) is 14.4 Å². The Kier molecular flexibility index (Phi) is 4.21. The van der Waals surface area contributed by atoms with Crippen molar-refractivity contribution in [3.8, 4) is 5.75 Å². The van der Waals surface area contributed by atoms with Gasteiger partial charge >= 0.3 is 5.97 Å². The second kappa shape index (κ2) is 6.97. The number of hydrogen-bond acceptors (Lipinski definition) is 4. The van der Waals surface area contributed by atoms with Crippen LogP contribution >= 0.6 is 0 Å². The van der Waals surface area contributed by atoms with E-state index in [-0.39, 0.29) is 11.6 Å². The van der Waals surface area contributed by atoms with Gasteiger partial charge in [0.2, 0.25) is 0 Å². The first kappa shape index (κ1) is 20.5. The van der Waals surface area contributed by atoms with E-state index in [1.807, 2.05) is 55.5 Å². The molecule has 4 heteroatoms. The van der Waals surface area contributed by atoms with Crippen LogP contribution in [0.4, 0.5) is 0 Å². The number of aryl methyl sites for hydroxylation is 1. The first-order chi connectivity index (χ1) is 16.4. The van der Waals surface area contributed by atoms with Crippen LogP contribution < -0.4 is 4.74 Å². The molecular formula is C30H22O4. The number of fused-ring (bicyclic) bond motifs is 5. The number of ether oxygens (including phenoxy) is 1. The minimum absolute atomic E-state index is 0.223. The molecule has 0 saturated heterocycles. The zero-order valence-corrected chi connectivity index (χ0v) is 18.9. The maximum Gasteiger partial charge on any atom is 0.327 e. The Morgan fingerprint density at radius 3 is 2.15 bits per heavy atom. The Morgan fingerprint density at radius 1 is 0.765 bits per heavy atom. The molecule has 0 N–H and O–H groups in total. The molecule has 1 heterocycles. The van der Waals surface area contributed by atoms with Crippen LogP contribution in [-0.2, 0) is 4.79 Å². The first-order valence-corrected chi connectivity index (χ1v) is 11.4. The largest absolute Gasteiger partial charge is 0.425 e. The predicted octanol–water partition coefficient (Wildman–Crippen LogP) is 5.92. The van der Waals surface area contributed by atoms with Crippen LogP contribution in [0.1, 0.15) is 44.7 Å². The standard InChI is InChI=1S/C30H22O4/c1-18-12-14-21(15-13-18)26(31)29(2)25-24-22-11-7-6-8-19(22)16-17-23(24)34-28(33)30(25,29)27(32)20-9-4-3-5-10-20/h3-17,25H,1-2H3. The van der Waals surface area contributed by atoms with Gasteiger partial charge in [0, 0.05) is 22.6 Å². The number of esters is 1. The van der Waals surface area contributed by atoms with Crippen LogP contribution in [0, 0.1) is 17.8 Å². The number of carbonyl (C=O) groups is 3. The maximum atomic E-state index is 14.1. The van der Waals surface area contributed by atoms with Gasteiger partial charge in [-0.15, -0.1) is 0 Å². The molecule has 6 rings (SSSR count). The van der Waals surface area contributed by atoms with Crippen molar-refractivity contribution < 1.29 is 19.1 Å². The highest BCUT2D eigenvalue weighted by Crippen LogP contribution is 2.79. The number of hydrogen-bond donors (Lipinski definition) is 0. The number of rotatable bonds is 4. The lowest BCUT2D eigenvalue weighted by Crippen LogP contribution is -2.39. The molecule has 3 unspecified atom stereocenters. The van der Waals surface area contributed by atoms with Gasteiger partial charge in [0.05, 0.1) is 5.41 Å². The zero-order chi connectivity index (χ0) is 23.7. The summed E-state index contributed by atoms with van der Waals surface area (Å²) in [6, 6.07) is 27.5. The molecule has 0 bridgehead atoms. The smallest absolute Gasteiger partial charge is 0.327 e. The molecule has 4 aromatic rings. The molecule has 1 fully saturated rings. The molecule has 0 amide bonds. The van der Waals surface area contributed by atoms with Gasteiger partial charge in [0.15, 0.2) is 17.0 Å². The van der Waals surface area contributed by atoms with E-state index in [1.54, 1.807) is 49.4 Å².